The van der Waals surface area contributed by atoms with Crippen LogP contribution in [0.5, 0.6) is 0 Å². The molecule has 92 valence electrons. The fourth-order valence-corrected chi connectivity index (χ4v) is 2.16. The van der Waals surface area contributed by atoms with Gasteiger partial charge in [-0.3, -0.25) is 4.79 Å². The van der Waals surface area contributed by atoms with Gasteiger partial charge in [0.15, 0.2) is 0 Å². The third-order valence-electron chi connectivity index (χ3n) is 3.20. The number of nitrogens with one attached hydrogen (secondary N) is 1. The zero-order valence-corrected chi connectivity index (χ0v) is 10.1. The van der Waals surface area contributed by atoms with Crippen LogP contribution in [-0.4, -0.2) is 40.1 Å². The molecular formula is C11H20N2O3. The summed E-state index contributed by atoms with van der Waals surface area (Å²) in [6.07, 6.45) is 2.92. The summed E-state index contributed by atoms with van der Waals surface area (Å²) in [5.41, 5.74) is 0. The molecule has 0 saturated carbocycles. The van der Waals surface area contributed by atoms with Gasteiger partial charge in [-0.15, -0.1) is 0 Å². The van der Waals surface area contributed by atoms with Crippen molar-refractivity contribution in [2.45, 2.75) is 58.2 Å². The lowest BCUT2D eigenvalue weighted by Crippen LogP contribution is -2.50. The lowest BCUT2D eigenvalue weighted by molar-refractivity contribution is -0.138. The van der Waals surface area contributed by atoms with Crippen LogP contribution in [0.25, 0.3) is 0 Å². The van der Waals surface area contributed by atoms with Gasteiger partial charge < -0.3 is 15.3 Å². The molecule has 1 aliphatic heterocycles. The fourth-order valence-electron chi connectivity index (χ4n) is 2.16. The average molecular weight is 228 g/mol. The highest BCUT2D eigenvalue weighted by Crippen LogP contribution is 2.25. The van der Waals surface area contributed by atoms with E-state index in [2.05, 4.69) is 5.32 Å². The molecule has 5 heteroatoms. The molecule has 1 aliphatic rings. The number of likely N-dealkylation sites (tertiary alicyclic amines) is 1. The van der Waals surface area contributed by atoms with Crippen LogP contribution >= 0.6 is 0 Å². The van der Waals surface area contributed by atoms with Gasteiger partial charge in [0.2, 0.25) is 0 Å². The van der Waals surface area contributed by atoms with Gasteiger partial charge in [-0.25, -0.2) is 4.79 Å². The van der Waals surface area contributed by atoms with E-state index in [1.165, 1.54) is 6.92 Å². The summed E-state index contributed by atoms with van der Waals surface area (Å²) >= 11 is 0. The topological polar surface area (TPSA) is 69.6 Å². The molecule has 2 amide bonds. The van der Waals surface area contributed by atoms with Crippen LogP contribution in [0.3, 0.4) is 0 Å². The van der Waals surface area contributed by atoms with Crippen molar-refractivity contribution in [1.29, 1.82) is 0 Å². The second-order valence-corrected chi connectivity index (χ2v) is 4.41. The molecule has 0 aromatic heterocycles. The number of nitrogens with zero attached hydrogens (tertiary/aromatic N) is 1. The van der Waals surface area contributed by atoms with Crippen molar-refractivity contribution in [2.24, 2.45) is 0 Å². The second-order valence-electron chi connectivity index (χ2n) is 4.41. The maximum atomic E-state index is 11.9. The first-order chi connectivity index (χ1) is 7.47. The smallest absolute Gasteiger partial charge is 0.325 e. The molecule has 3 atom stereocenters. The molecule has 2 unspecified atom stereocenters. The summed E-state index contributed by atoms with van der Waals surface area (Å²) in [4.78, 5) is 24.3. The van der Waals surface area contributed by atoms with E-state index in [4.69, 9.17) is 5.11 Å². The largest absolute Gasteiger partial charge is 0.480 e. The Hall–Kier alpha value is -1.26. The summed E-state index contributed by atoms with van der Waals surface area (Å²) in [6, 6.07) is -0.647. The molecular weight excluding hydrogens is 208 g/mol. The average Bonchev–Trinajstić information content (AvgIpc) is 2.59. The minimum absolute atomic E-state index is 0.200. The Morgan fingerprint density at radius 3 is 2.62 bits per heavy atom. The maximum absolute atomic E-state index is 11.9. The van der Waals surface area contributed by atoms with E-state index in [9.17, 15) is 9.59 Å². The highest BCUT2D eigenvalue weighted by Gasteiger charge is 2.34. The van der Waals surface area contributed by atoms with E-state index in [1.54, 1.807) is 4.90 Å². The molecule has 0 spiro atoms. The Kier molecular flexibility index (Phi) is 4.15. The normalized spacial score (nSPS) is 26.6. The number of hydrogen-bond acceptors (Lipinski definition) is 2. The summed E-state index contributed by atoms with van der Waals surface area (Å²) < 4.78 is 0. The van der Waals surface area contributed by atoms with Crippen molar-refractivity contribution in [3.8, 4) is 0 Å². The SMILES string of the molecule is CCC1CCC(C)N1C(=O)N[C@@H](C)C(=O)O. The van der Waals surface area contributed by atoms with E-state index >= 15 is 0 Å². The zero-order chi connectivity index (χ0) is 12.3. The minimum Gasteiger partial charge on any atom is -0.480 e. The van der Waals surface area contributed by atoms with Gasteiger partial charge in [-0.05, 0) is 33.1 Å². The van der Waals surface area contributed by atoms with E-state index in [0.717, 1.165) is 19.3 Å². The predicted octanol–water partition coefficient (Wildman–Crippen LogP) is 1.43. The molecule has 0 aliphatic carbocycles. The monoisotopic (exact) mass is 228 g/mol. The van der Waals surface area contributed by atoms with Crippen molar-refractivity contribution in [3.63, 3.8) is 0 Å². The summed E-state index contributed by atoms with van der Waals surface area (Å²) in [7, 11) is 0. The highest BCUT2D eigenvalue weighted by molar-refractivity contribution is 5.82. The maximum Gasteiger partial charge on any atom is 0.325 e. The lowest BCUT2D eigenvalue weighted by Gasteiger charge is -2.28. The van der Waals surface area contributed by atoms with Gasteiger partial charge in [0.25, 0.3) is 0 Å². The summed E-state index contributed by atoms with van der Waals surface area (Å²) in [5.74, 6) is -1.01. The van der Waals surface area contributed by atoms with Crippen LogP contribution in [0, 0.1) is 0 Å². The fraction of sp³-hybridized carbons (Fsp3) is 0.818. The number of carbonyl (C=O) groups excluding carboxylic acids is 1. The number of hydrogen-bond donors (Lipinski definition) is 2. The Bertz CT molecular complexity index is 280. The third kappa shape index (κ3) is 2.65. The molecule has 5 nitrogen and oxygen atoms in total. The standard InChI is InChI=1S/C11H20N2O3/c1-4-9-6-5-7(2)13(9)11(16)12-8(3)10(14)15/h7-9H,4-6H2,1-3H3,(H,12,16)(H,14,15)/t7?,8-,9?/m0/s1. The molecule has 0 aromatic rings. The van der Waals surface area contributed by atoms with Crippen molar-refractivity contribution < 1.29 is 14.7 Å². The van der Waals surface area contributed by atoms with Gasteiger partial charge in [-0.2, -0.15) is 0 Å². The van der Waals surface area contributed by atoms with Gasteiger partial charge in [0.1, 0.15) is 6.04 Å². The number of aliphatic carboxylic acids is 1. The van der Waals surface area contributed by atoms with Gasteiger partial charge >= 0.3 is 12.0 Å². The molecule has 1 heterocycles. The predicted molar refractivity (Wildman–Crippen MR) is 60.2 cm³/mol. The Morgan fingerprint density at radius 2 is 2.12 bits per heavy atom. The Morgan fingerprint density at radius 1 is 1.50 bits per heavy atom. The first-order valence-electron chi connectivity index (χ1n) is 5.79. The minimum atomic E-state index is -1.01. The Labute approximate surface area is 95.8 Å². The van der Waals surface area contributed by atoms with Crippen molar-refractivity contribution in [3.05, 3.63) is 0 Å². The molecule has 0 aromatic carbocycles. The number of carboxylic acids is 1. The second kappa shape index (κ2) is 5.18. The highest BCUT2D eigenvalue weighted by atomic mass is 16.4. The number of carboxylic acid groups (broad SMARTS) is 1. The molecule has 0 radical (unpaired) electrons. The zero-order valence-electron chi connectivity index (χ0n) is 10.1. The molecule has 0 bridgehead atoms. The van der Waals surface area contributed by atoms with Crippen LogP contribution in [0.4, 0.5) is 4.79 Å². The lowest BCUT2D eigenvalue weighted by atomic mass is 10.2. The number of amides is 2. The van der Waals surface area contributed by atoms with E-state index in [-0.39, 0.29) is 18.1 Å². The van der Waals surface area contributed by atoms with Crippen LogP contribution < -0.4 is 5.32 Å². The number of carbonyl (C=O) groups is 2. The van der Waals surface area contributed by atoms with E-state index < -0.39 is 12.0 Å². The number of rotatable bonds is 3. The summed E-state index contributed by atoms with van der Waals surface area (Å²) in [5, 5.41) is 11.2. The molecule has 2 N–H and O–H groups in total. The number of urea groups is 1. The molecule has 16 heavy (non-hydrogen) atoms. The first-order valence-corrected chi connectivity index (χ1v) is 5.79. The van der Waals surface area contributed by atoms with Crippen molar-refractivity contribution >= 4 is 12.0 Å². The van der Waals surface area contributed by atoms with Crippen LogP contribution in [0.15, 0.2) is 0 Å². The van der Waals surface area contributed by atoms with E-state index in [1.807, 2.05) is 13.8 Å². The summed E-state index contributed by atoms with van der Waals surface area (Å²) in [6.45, 7) is 5.52. The van der Waals surface area contributed by atoms with Crippen LogP contribution in [-0.2, 0) is 4.79 Å². The van der Waals surface area contributed by atoms with Gasteiger partial charge in [0.05, 0.1) is 0 Å². The van der Waals surface area contributed by atoms with E-state index in [0.29, 0.717) is 0 Å². The molecule has 1 rings (SSSR count). The van der Waals surface area contributed by atoms with Crippen molar-refractivity contribution in [2.75, 3.05) is 0 Å². The Balaban J connectivity index is 2.61. The van der Waals surface area contributed by atoms with Gasteiger partial charge in [0, 0.05) is 12.1 Å². The molecule has 1 fully saturated rings. The molecule has 1 saturated heterocycles. The first kappa shape index (κ1) is 12.8. The van der Waals surface area contributed by atoms with Crippen LogP contribution in [0.1, 0.15) is 40.0 Å². The van der Waals surface area contributed by atoms with Crippen molar-refractivity contribution in [1.82, 2.24) is 10.2 Å². The quantitative estimate of drug-likeness (QED) is 0.767. The third-order valence-corrected chi connectivity index (χ3v) is 3.20. The van der Waals surface area contributed by atoms with Crippen LogP contribution in [0.2, 0.25) is 0 Å². The van der Waals surface area contributed by atoms with Gasteiger partial charge in [-0.1, -0.05) is 6.92 Å².